The summed E-state index contributed by atoms with van der Waals surface area (Å²) in [6, 6.07) is 1.63. The van der Waals surface area contributed by atoms with Gasteiger partial charge in [-0.25, -0.2) is 5.06 Å². The highest BCUT2D eigenvalue weighted by molar-refractivity contribution is 6.38. The molecule has 1 saturated carbocycles. The van der Waals surface area contributed by atoms with Crippen molar-refractivity contribution < 1.29 is 29.7 Å². The number of hydroxylamine groups is 1. The van der Waals surface area contributed by atoms with Crippen LogP contribution in [0.15, 0.2) is 12.1 Å². The Labute approximate surface area is 107 Å². The molecular formula is C12H11NO6. The lowest BCUT2D eigenvalue weighted by Gasteiger charge is -2.41. The number of hydrogen-bond acceptors (Lipinski definition) is 7. The minimum absolute atomic E-state index is 0.109. The van der Waals surface area contributed by atoms with Gasteiger partial charge in [0.05, 0.1) is 6.42 Å². The minimum Gasteiger partial charge on any atom is -0.504 e. The molecule has 0 amide bonds. The number of fused-ring (bicyclic) bond motifs is 2. The fourth-order valence-electron chi connectivity index (χ4n) is 2.39. The number of ketones is 2. The number of benzene rings is 1. The molecule has 1 aromatic rings. The fraction of sp³-hybridized carbons (Fsp3) is 0.333. The number of phenolic OH excluding ortho intramolecular Hbond substituents is 2. The van der Waals surface area contributed by atoms with Crippen molar-refractivity contribution in [3.05, 3.63) is 12.1 Å². The van der Waals surface area contributed by atoms with E-state index in [9.17, 15) is 25.0 Å². The van der Waals surface area contributed by atoms with E-state index in [1.807, 2.05) is 0 Å². The van der Waals surface area contributed by atoms with Crippen LogP contribution >= 0.6 is 0 Å². The molecule has 1 fully saturated rings. The van der Waals surface area contributed by atoms with Crippen LogP contribution in [0.4, 0.5) is 5.69 Å². The van der Waals surface area contributed by atoms with Crippen LogP contribution in [-0.4, -0.2) is 39.1 Å². The number of nitrogens with zero attached hydrogens (tertiary/aromatic N) is 1. The number of phenols is 2. The van der Waals surface area contributed by atoms with E-state index in [1.54, 1.807) is 0 Å². The van der Waals surface area contributed by atoms with E-state index >= 15 is 0 Å². The zero-order valence-electron chi connectivity index (χ0n) is 9.74. The van der Waals surface area contributed by atoms with E-state index in [0.717, 1.165) is 17.2 Å². The van der Waals surface area contributed by atoms with Gasteiger partial charge in [-0.3, -0.25) is 14.8 Å². The van der Waals surface area contributed by atoms with Crippen LogP contribution in [-0.2, 0) is 9.59 Å². The number of ether oxygens (including phenoxy) is 1. The largest absolute Gasteiger partial charge is 0.504 e. The second kappa shape index (κ2) is 3.86. The number of hydrogen-bond donors (Lipinski definition) is 3. The zero-order chi connectivity index (χ0) is 13.7. The Morgan fingerprint density at radius 2 is 1.74 bits per heavy atom. The lowest BCUT2D eigenvalue weighted by Crippen LogP contribution is -2.54. The quantitative estimate of drug-likeness (QED) is 0.459. The predicted octanol–water partition coefficient (Wildman–Crippen LogP) is 0.355. The molecule has 3 N–H and O–H groups in total. The molecule has 7 heteroatoms. The fourth-order valence-corrected chi connectivity index (χ4v) is 2.39. The highest BCUT2D eigenvalue weighted by Crippen LogP contribution is 2.44. The average molecular weight is 265 g/mol. The van der Waals surface area contributed by atoms with E-state index in [4.69, 9.17) is 4.74 Å². The first-order valence-corrected chi connectivity index (χ1v) is 5.74. The van der Waals surface area contributed by atoms with Crippen molar-refractivity contribution in [3.8, 4) is 17.2 Å². The van der Waals surface area contributed by atoms with E-state index in [-0.39, 0.29) is 30.0 Å². The molecule has 7 nitrogen and oxygen atoms in total. The Bertz CT molecular complexity index is 584. The molecule has 2 atom stereocenters. The topological polar surface area (TPSA) is 107 Å². The Kier molecular flexibility index (Phi) is 2.39. The molecule has 1 aromatic carbocycles. The lowest BCUT2D eigenvalue weighted by atomic mass is 9.88. The summed E-state index contributed by atoms with van der Waals surface area (Å²) in [7, 11) is 0. The van der Waals surface area contributed by atoms with Crippen molar-refractivity contribution in [2.45, 2.75) is 25.0 Å². The maximum Gasteiger partial charge on any atom is 0.202 e. The van der Waals surface area contributed by atoms with E-state index < -0.39 is 29.5 Å². The Morgan fingerprint density at radius 3 is 2.47 bits per heavy atom. The van der Waals surface area contributed by atoms with Crippen molar-refractivity contribution >= 4 is 17.3 Å². The highest BCUT2D eigenvalue weighted by atomic mass is 16.5. The van der Waals surface area contributed by atoms with Crippen molar-refractivity contribution in [3.63, 3.8) is 0 Å². The second-order valence-electron chi connectivity index (χ2n) is 4.63. The SMILES string of the molecule is O=C1CC2Oc3cc(O)c(O)cc3N(O)C2CC1=O. The van der Waals surface area contributed by atoms with Gasteiger partial charge in [-0.2, -0.15) is 0 Å². The third-order valence-electron chi connectivity index (χ3n) is 3.42. The maximum atomic E-state index is 11.4. The van der Waals surface area contributed by atoms with Crippen LogP contribution in [0, 0.1) is 0 Å². The van der Waals surface area contributed by atoms with Gasteiger partial charge in [0.15, 0.2) is 11.5 Å². The molecule has 3 rings (SSSR count). The monoisotopic (exact) mass is 265 g/mol. The first-order chi connectivity index (χ1) is 8.97. The average Bonchev–Trinajstić information content (AvgIpc) is 2.35. The van der Waals surface area contributed by atoms with Gasteiger partial charge in [-0.05, 0) is 0 Å². The number of Topliss-reactive ketones (excluding diaryl/α,β-unsaturated/α-hetero) is 2. The number of anilines is 1. The molecule has 0 radical (unpaired) electrons. The smallest absolute Gasteiger partial charge is 0.202 e. The molecule has 100 valence electrons. The summed E-state index contributed by atoms with van der Waals surface area (Å²) in [5, 5.41) is 29.7. The number of rotatable bonds is 0. The number of carbonyl (C=O) groups is 2. The van der Waals surface area contributed by atoms with E-state index in [1.165, 1.54) is 0 Å². The van der Waals surface area contributed by atoms with Crippen molar-refractivity contribution in [1.29, 1.82) is 0 Å². The Hall–Kier alpha value is -2.28. The molecule has 19 heavy (non-hydrogen) atoms. The van der Waals surface area contributed by atoms with Crippen molar-refractivity contribution in [2.75, 3.05) is 5.06 Å². The van der Waals surface area contributed by atoms with Crippen molar-refractivity contribution in [2.24, 2.45) is 0 Å². The molecule has 1 heterocycles. The molecule has 0 saturated heterocycles. The molecule has 1 aliphatic heterocycles. The van der Waals surface area contributed by atoms with Gasteiger partial charge in [0.1, 0.15) is 23.6 Å². The van der Waals surface area contributed by atoms with Gasteiger partial charge < -0.3 is 14.9 Å². The standard InChI is InChI=1S/C12H11NO6/c14-7-1-5-11(3-9(7)16)19-12-4-10(17)8(15)2-6(12)13(5)18/h1,3,6,12,14,16,18H,2,4H2. The summed E-state index contributed by atoms with van der Waals surface area (Å²) >= 11 is 0. The summed E-state index contributed by atoms with van der Waals surface area (Å²) in [5.41, 5.74) is 0.152. The van der Waals surface area contributed by atoms with Gasteiger partial charge in [-0.1, -0.05) is 0 Å². The van der Waals surface area contributed by atoms with Crippen LogP contribution in [0.2, 0.25) is 0 Å². The Balaban J connectivity index is 2.03. The molecule has 0 bridgehead atoms. The van der Waals surface area contributed by atoms with E-state index in [0.29, 0.717) is 0 Å². The Morgan fingerprint density at radius 1 is 1.11 bits per heavy atom. The third kappa shape index (κ3) is 1.70. The second-order valence-corrected chi connectivity index (χ2v) is 4.63. The van der Waals surface area contributed by atoms with E-state index in [2.05, 4.69) is 0 Å². The number of aromatic hydroxyl groups is 2. The predicted molar refractivity (Wildman–Crippen MR) is 61.5 cm³/mol. The summed E-state index contributed by atoms with van der Waals surface area (Å²) in [6.07, 6.45) is -0.894. The molecule has 0 spiro atoms. The lowest BCUT2D eigenvalue weighted by molar-refractivity contribution is -0.141. The minimum atomic E-state index is -0.665. The molecular weight excluding hydrogens is 254 g/mol. The van der Waals surface area contributed by atoms with Crippen LogP contribution in [0.25, 0.3) is 0 Å². The summed E-state index contributed by atoms with van der Waals surface area (Å²) in [5.74, 6) is -1.71. The van der Waals surface area contributed by atoms with Gasteiger partial charge in [0.2, 0.25) is 11.6 Å². The summed E-state index contributed by atoms with van der Waals surface area (Å²) < 4.78 is 5.52. The number of carbonyl (C=O) groups excluding carboxylic acids is 2. The maximum absolute atomic E-state index is 11.4. The summed E-state index contributed by atoms with van der Waals surface area (Å²) in [6.45, 7) is 0. The van der Waals surface area contributed by atoms with Crippen LogP contribution in [0.1, 0.15) is 12.8 Å². The van der Waals surface area contributed by atoms with Gasteiger partial charge >= 0.3 is 0 Å². The third-order valence-corrected chi connectivity index (χ3v) is 3.42. The van der Waals surface area contributed by atoms with Gasteiger partial charge in [0, 0.05) is 18.6 Å². The van der Waals surface area contributed by atoms with Crippen LogP contribution in [0.3, 0.4) is 0 Å². The normalized spacial score (nSPS) is 25.6. The molecule has 1 aliphatic carbocycles. The van der Waals surface area contributed by atoms with Gasteiger partial charge in [-0.15, -0.1) is 0 Å². The molecule has 2 aliphatic rings. The first-order valence-electron chi connectivity index (χ1n) is 5.74. The first kappa shape index (κ1) is 11.8. The van der Waals surface area contributed by atoms with Crippen LogP contribution in [0.5, 0.6) is 17.2 Å². The van der Waals surface area contributed by atoms with Gasteiger partial charge in [0.25, 0.3) is 0 Å². The zero-order valence-corrected chi connectivity index (χ0v) is 9.74. The molecule has 0 aromatic heterocycles. The highest BCUT2D eigenvalue weighted by Gasteiger charge is 2.43. The van der Waals surface area contributed by atoms with Crippen LogP contribution < -0.4 is 9.80 Å². The molecule has 2 unspecified atom stereocenters. The summed E-state index contributed by atoms with van der Waals surface area (Å²) in [4.78, 5) is 22.8. The van der Waals surface area contributed by atoms with Crippen molar-refractivity contribution in [1.82, 2.24) is 0 Å².